The van der Waals surface area contributed by atoms with Crippen molar-refractivity contribution in [2.75, 3.05) is 13.7 Å². The van der Waals surface area contributed by atoms with Crippen molar-refractivity contribution in [3.63, 3.8) is 0 Å². The molecule has 142 valence electrons. The van der Waals surface area contributed by atoms with Crippen LogP contribution in [0.4, 0.5) is 5.69 Å². The summed E-state index contributed by atoms with van der Waals surface area (Å²) in [7, 11) is 1.16. The van der Waals surface area contributed by atoms with Crippen molar-refractivity contribution in [2.45, 2.75) is 19.3 Å². The van der Waals surface area contributed by atoms with Gasteiger partial charge in [-0.3, -0.25) is 14.9 Å². The summed E-state index contributed by atoms with van der Waals surface area (Å²) in [6.45, 7) is 4.18. The van der Waals surface area contributed by atoms with Gasteiger partial charge < -0.3 is 10.1 Å². The summed E-state index contributed by atoms with van der Waals surface area (Å²) in [5, 5.41) is 14.5. The molecule has 0 bridgehead atoms. The summed E-state index contributed by atoms with van der Waals surface area (Å²) in [4.78, 5) is 34.6. The first-order chi connectivity index (χ1) is 12.6. The van der Waals surface area contributed by atoms with Crippen LogP contribution in [0.1, 0.15) is 40.1 Å². The Kier molecular flexibility index (Phi) is 6.17. The standard InChI is InChI=1S/C19H19ClN2O5/c1-19(2,14-4-6-15(20)7-5-14)11-21-17(23)12-8-13(18(24)27-3)10-16(9-12)22(25)26/h4-10H,11H2,1-3H3,(H,21,23). The number of hydrogen-bond acceptors (Lipinski definition) is 5. The number of nitrogens with zero attached hydrogens (tertiary/aromatic N) is 1. The van der Waals surface area contributed by atoms with Crippen LogP contribution in [0.5, 0.6) is 0 Å². The number of rotatable bonds is 6. The van der Waals surface area contributed by atoms with E-state index in [-0.39, 0.29) is 23.4 Å². The van der Waals surface area contributed by atoms with E-state index in [0.29, 0.717) is 5.02 Å². The molecule has 0 fully saturated rings. The van der Waals surface area contributed by atoms with Crippen LogP contribution in [0.3, 0.4) is 0 Å². The Morgan fingerprint density at radius 1 is 1.15 bits per heavy atom. The van der Waals surface area contributed by atoms with Gasteiger partial charge in [0, 0.05) is 34.7 Å². The molecule has 2 rings (SSSR count). The average Bonchev–Trinajstić information content (AvgIpc) is 2.65. The van der Waals surface area contributed by atoms with E-state index in [1.54, 1.807) is 12.1 Å². The van der Waals surface area contributed by atoms with Gasteiger partial charge in [0.15, 0.2) is 0 Å². The number of nitro benzene ring substituents is 1. The van der Waals surface area contributed by atoms with Crippen LogP contribution in [-0.2, 0) is 10.2 Å². The molecule has 2 aromatic carbocycles. The summed E-state index contributed by atoms with van der Waals surface area (Å²) >= 11 is 5.90. The van der Waals surface area contributed by atoms with Gasteiger partial charge in [0.05, 0.1) is 17.6 Å². The van der Waals surface area contributed by atoms with E-state index < -0.39 is 22.2 Å². The number of halogens is 1. The average molecular weight is 391 g/mol. The normalized spacial score (nSPS) is 11.0. The summed E-state index contributed by atoms with van der Waals surface area (Å²) in [5.74, 6) is -1.28. The number of non-ortho nitro benzene ring substituents is 1. The molecule has 0 saturated carbocycles. The Hall–Kier alpha value is -2.93. The molecule has 0 radical (unpaired) electrons. The van der Waals surface area contributed by atoms with E-state index in [9.17, 15) is 19.7 Å². The number of esters is 1. The Morgan fingerprint density at radius 2 is 1.74 bits per heavy atom. The molecule has 0 spiro atoms. The number of benzene rings is 2. The summed E-state index contributed by atoms with van der Waals surface area (Å²) in [5.41, 5.74) is 0.165. The Bertz CT molecular complexity index is 878. The molecule has 0 saturated heterocycles. The zero-order chi connectivity index (χ0) is 20.2. The van der Waals surface area contributed by atoms with Crippen molar-refractivity contribution in [3.05, 3.63) is 74.3 Å². The van der Waals surface area contributed by atoms with Gasteiger partial charge in [-0.2, -0.15) is 0 Å². The van der Waals surface area contributed by atoms with Crippen molar-refractivity contribution in [1.29, 1.82) is 0 Å². The molecule has 2 aromatic rings. The van der Waals surface area contributed by atoms with Crippen LogP contribution in [0.25, 0.3) is 0 Å². The van der Waals surface area contributed by atoms with Crippen molar-refractivity contribution >= 4 is 29.2 Å². The lowest BCUT2D eigenvalue weighted by atomic mass is 9.84. The fourth-order valence-electron chi connectivity index (χ4n) is 2.49. The first kappa shape index (κ1) is 20.4. The van der Waals surface area contributed by atoms with E-state index in [4.69, 9.17) is 11.6 Å². The molecule has 0 aliphatic carbocycles. The van der Waals surface area contributed by atoms with E-state index >= 15 is 0 Å². The van der Waals surface area contributed by atoms with Crippen LogP contribution in [-0.4, -0.2) is 30.5 Å². The fraction of sp³-hybridized carbons (Fsp3) is 0.263. The summed E-state index contributed by atoms with van der Waals surface area (Å²) in [6.07, 6.45) is 0. The molecule has 27 heavy (non-hydrogen) atoms. The van der Waals surface area contributed by atoms with E-state index in [1.807, 2.05) is 26.0 Å². The molecule has 0 aliphatic rings. The van der Waals surface area contributed by atoms with Crippen molar-refractivity contribution in [2.24, 2.45) is 0 Å². The first-order valence-electron chi connectivity index (χ1n) is 8.06. The molecule has 0 atom stereocenters. The third kappa shape index (κ3) is 5.04. The molecule has 8 heteroatoms. The second-order valence-electron chi connectivity index (χ2n) is 6.59. The number of methoxy groups -OCH3 is 1. The van der Waals surface area contributed by atoms with Crippen LogP contribution < -0.4 is 5.32 Å². The van der Waals surface area contributed by atoms with Gasteiger partial charge in [0.25, 0.3) is 11.6 Å². The van der Waals surface area contributed by atoms with Crippen LogP contribution in [0.15, 0.2) is 42.5 Å². The largest absolute Gasteiger partial charge is 0.465 e. The zero-order valence-electron chi connectivity index (χ0n) is 15.1. The van der Waals surface area contributed by atoms with Gasteiger partial charge in [-0.15, -0.1) is 0 Å². The molecular formula is C19H19ClN2O5. The van der Waals surface area contributed by atoms with Crippen molar-refractivity contribution in [1.82, 2.24) is 5.32 Å². The SMILES string of the molecule is COC(=O)c1cc(C(=O)NCC(C)(C)c2ccc(Cl)cc2)cc([N+](=O)[O-])c1. The van der Waals surface area contributed by atoms with E-state index in [0.717, 1.165) is 24.8 Å². The molecule has 7 nitrogen and oxygen atoms in total. The molecule has 0 heterocycles. The molecule has 1 N–H and O–H groups in total. The van der Waals surface area contributed by atoms with Gasteiger partial charge in [-0.05, 0) is 23.8 Å². The van der Waals surface area contributed by atoms with Gasteiger partial charge in [0.2, 0.25) is 0 Å². The maximum absolute atomic E-state index is 12.5. The Balaban J connectivity index is 2.22. The highest BCUT2D eigenvalue weighted by atomic mass is 35.5. The highest BCUT2D eigenvalue weighted by Gasteiger charge is 2.23. The molecule has 1 amide bonds. The minimum atomic E-state index is -0.755. The van der Waals surface area contributed by atoms with Crippen molar-refractivity contribution < 1.29 is 19.2 Å². The van der Waals surface area contributed by atoms with E-state index in [2.05, 4.69) is 10.1 Å². The molecule has 0 aliphatic heterocycles. The van der Waals surface area contributed by atoms with Crippen LogP contribution in [0.2, 0.25) is 5.02 Å². The number of carbonyl (C=O) groups excluding carboxylic acids is 2. The lowest BCUT2D eigenvalue weighted by molar-refractivity contribution is -0.384. The van der Waals surface area contributed by atoms with E-state index in [1.165, 1.54) is 6.07 Å². The van der Waals surface area contributed by atoms with Crippen LogP contribution in [0, 0.1) is 10.1 Å². The van der Waals surface area contributed by atoms with Gasteiger partial charge in [0.1, 0.15) is 0 Å². The van der Waals surface area contributed by atoms with Gasteiger partial charge in [-0.1, -0.05) is 37.6 Å². The third-order valence-electron chi connectivity index (χ3n) is 4.13. The maximum Gasteiger partial charge on any atom is 0.338 e. The quantitative estimate of drug-likeness (QED) is 0.460. The topological polar surface area (TPSA) is 98.5 Å². The van der Waals surface area contributed by atoms with Gasteiger partial charge in [-0.25, -0.2) is 4.79 Å². The predicted molar refractivity (Wildman–Crippen MR) is 101 cm³/mol. The summed E-state index contributed by atoms with van der Waals surface area (Å²) in [6, 6.07) is 10.7. The lowest BCUT2D eigenvalue weighted by Gasteiger charge is -2.25. The zero-order valence-corrected chi connectivity index (χ0v) is 15.9. The predicted octanol–water partition coefficient (Wildman–Crippen LogP) is 3.74. The number of amides is 1. The molecule has 0 aromatic heterocycles. The highest BCUT2D eigenvalue weighted by molar-refractivity contribution is 6.30. The number of carbonyl (C=O) groups is 2. The monoisotopic (exact) mass is 390 g/mol. The number of hydrogen-bond donors (Lipinski definition) is 1. The minimum absolute atomic E-state index is 0.0107. The number of ether oxygens (including phenoxy) is 1. The van der Waals surface area contributed by atoms with Crippen LogP contribution >= 0.6 is 11.6 Å². The second kappa shape index (κ2) is 8.18. The summed E-state index contributed by atoms with van der Waals surface area (Å²) < 4.78 is 4.58. The fourth-order valence-corrected chi connectivity index (χ4v) is 2.62. The number of nitro groups is 1. The Morgan fingerprint density at radius 3 is 2.30 bits per heavy atom. The molecular weight excluding hydrogens is 372 g/mol. The first-order valence-corrected chi connectivity index (χ1v) is 8.44. The van der Waals surface area contributed by atoms with Gasteiger partial charge >= 0.3 is 5.97 Å². The lowest BCUT2D eigenvalue weighted by Crippen LogP contribution is -2.36. The minimum Gasteiger partial charge on any atom is -0.465 e. The maximum atomic E-state index is 12.5. The number of nitrogens with one attached hydrogen (secondary N) is 1. The molecule has 0 unspecified atom stereocenters. The third-order valence-corrected chi connectivity index (χ3v) is 4.38. The van der Waals surface area contributed by atoms with Crippen molar-refractivity contribution in [3.8, 4) is 0 Å². The second-order valence-corrected chi connectivity index (χ2v) is 7.03. The highest BCUT2D eigenvalue weighted by Crippen LogP contribution is 2.24. The Labute approximate surface area is 161 Å². The smallest absolute Gasteiger partial charge is 0.338 e.